The fourth-order valence-electron chi connectivity index (χ4n) is 2.24. The lowest BCUT2D eigenvalue weighted by molar-refractivity contribution is 0.311. The summed E-state index contributed by atoms with van der Waals surface area (Å²) >= 11 is 0. The second kappa shape index (κ2) is 5.64. The fourth-order valence-corrected chi connectivity index (χ4v) is 2.24. The normalized spacial score (nSPS) is 29.5. The first kappa shape index (κ1) is 11.0. The predicted octanol–water partition coefficient (Wildman–Crippen LogP) is 3.34. The van der Waals surface area contributed by atoms with Gasteiger partial charge < -0.3 is 5.32 Å². The van der Waals surface area contributed by atoms with Crippen LogP contribution in [-0.4, -0.2) is 12.1 Å². The third-order valence-electron chi connectivity index (χ3n) is 3.04. The Bertz CT molecular complexity index is 131. The van der Waals surface area contributed by atoms with Crippen molar-refractivity contribution in [2.45, 2.75) is 71.4 Å². The molecule has 1 saturated heterocycles. The number of piperidine rings is 1. The first-order valence-electron chi connectivity index (χ1n) is 5.94. The maximum absolute atomic E-state index is 3.69. The molecule has 0 spiro atoms. The molecule has 1 fully saturated rings. The molecule has 0 bridgehead atoms. The van der Waals surface area contributed by atoms with E-state index in [0.29, 0.717) is 0 Å². The molecule has 0 radical (unpaired) electrons. The molecule has 2 unspecified atom stereocenters. The van der Waals surface area contributed by atoms with Gasteiger partial charge in [0.15, 0.2) is 0 Å². The zero-order chi connectivity index (χ0) is 9.68. The summed E-state index contributed by atoms with van der Waals surface area (Å²) in [7, 11) is 0. The van der Waals surface area contributed by atoms with Crippen molar-refractivity contribution in [1.82, 2.24) is 5.32 Å². The van der Waals surface area contributed by atoms with E-state index in [-0.39, 0.29) is 0 Å². The van der Waals surface area contributed by atoms with Gasteiger partial charge in [0.1, 0.15) is 0 Å². The van der Waals surface area contributed by atoms with E-state index in [0.717, 1.165) is 18.0 Å². The number of nitrogens with one attached hydrogen (secondary N) is 1. The summed E-state index contributed by atoms with van der Waals surface area (Å²) in [6.45, 7) is 6.95. The van der Waals surface area contributed by atoms with Crippen LogP contribution in [0, 0.1) is 5.92 Å². The SMILES string of the molecule is CC(C)CCCC1CCCC(C)N1. The monoisotopic (exact) mass is 183 g/mol. The Morgan fingerprint density at radius 2 is 2.08 bits per heavy atom. The van der Waals surface area contributed by atoms with Crippen LogP contribution >= 0.6 is 0 Å². The molecular formula is C12H25N. The molecule has 1 nitrogen and oxygen atoms in total. The van der Waals surface area contributed by atoms with Gasteiger partial charge in [0.25, 0.3) is 0 Å². The zero-order valence-corrected chi connectivity index (χ0v) is 9.47. The van der Waals surface area contributed by atoms with Crippen molar-refractivity contribution < 1.29 is 0 Å². The maximum Gasteiger partial charge on any atom is 0.00695 e. The largest absolute Gasteiger partial charge is 0.312 e. The van der Waals surface area contributed by atoms with Crippen LogP contribution in [0.15, 0.2) is 0 Å². The van der Waals surface area contributed by atoms with Gasteiger partial charge in [-0.25, -0.2) is 0 Å². The molecule has 78 valence electrons. The Morgan fingerprint density at radius 1 is 1.31 bits per heavy atom. The first-order chi connectivity index (χ1) is 6.18. The van der Waals surface area contributed by atoms with Crippen LogP contribution in [-0.2, 0) is 0 Å². The minimum atomic E-state index is 0.762. The highest BCUT2D eigenvalue weighted by Gasteiger charge is 2.16. The molecule has 0 amide bonds. The summed E-state index contributed by atoms with van der Waals surface area (Å²) < 4.78 is 0. The Labute approximate surface area is 83.3 Å². The number of rotatable bonds is 4. The van der Waals surface area contributed by atoms with Gasteiger partial charge in [0, 0.05) is 12.1 Å². The van der Waals surface area contributed by atoms with Crippen LogP contribution in [0.2, 0.25) is 0 Å². The van der Waals surface area contributed by atoms with Crippen LogP contribution in [0.25, 0.3) is 0 Å². The first-order valence-corrected chi connectivity index (χ1v) is 5.94. The molecule has 1 aliphatic rings. The van der Waals surface area contributed by atoms with E-state index >= 15 is 0 Å². The minimum absolute atomic E-state index is 0.762. The second-order valence-corrected chi connectivity index (χ2v) is 5.02. The van der Waals surface area contributed by atoms with Crippen molar-refractivity contribution in [3.63, 3.8) is 0 Å². The molecule has 0 aliphatic carbocycles. The summed E-state index contributed by atoms with van der Waals surface area (Å²) in [5.41, 5.74) is 0. The molecule has 0 aromatic carbocycles. The van der Waals surface area contributed by atoms with Gasteiger partial charge in [-0.15, -0.1) is 0 Å². The van der Waals surface area contributed by atoms with E-state index < -0.39 is 0 Å². The quantitative estimate of drug-likeness (QED) is 0.705. The van der Waals surface area contributed by atoms with E-state index in [1.165, 1.54) is 38.5 Å². The van der Waals surface area contributed by atoms with Crippen molar-refractivity contribution in [3.8, 4) is 0 Å². The van der Waals surface area contributed by atoms with Crippen LogP contribution in [0.5, 0.6) is 0 Å². The topological polar surface area (TPSA) is 12.0 Å². The average molecular weight is 183 g/mol. The molecule has 1 rings (SSSR count). The van der Waals surface area contributed by atoms with Crippen molar-refractivity contribution in [2.75, 3.05) is 0 Å². The predicted molar refractivity (Wildman–Crippen MR) is 58.9 cm³/mol. The van der Waals surface area contributed by atoms with E-state index in [2.05, 4.69) is 26.1 Å². The standard InChI is InChI=1S/C12H25N/c1-10(2)6-4-8-12-9-5-7-11(3)13-12/h10-13H,4-9H2,1-3H3. The molecule has 1 aliphatic heterocycles. The van der Waals surface area contributed by atoms with E-state index in [4.69, 9.17) is 0 Å². The fraction of sp³-hybridized carbons (Fsp3) is 1.00. The number of hydrogen-bond acceptors (Lipinski definition) is 1. The van der Waals surface area contributed by atoms with Crippen LogP contribution in [0.3, 0.4) is 0 Å². The van der Waals surface area contributed by atoms with Crippen molar-refractivity contribution in [2.24, 2.45) is 5.92 Å². The maximum atomic E-state index is 3.69. The Morgan fingerprint density at radius 3 is 2.69 bits per heavy atom. The molecule has 0 aromatic heterocycles. The highest BCUT2D eigenvalue weighted by atomic mass is 15.0. The highest BCUT2D eigenvalue weighted by Crippen LogP contribution is 2.17. The molecule has 1 heterocycles. The molecule has 1 N–H and O–H groups in total. The average Bonchev–Trinajstić information content (AvgIpc) is 2.03. The summed E-state index contributed by atoms with van der Waals surface area (Å²) in [6.07, 6.45) is 8.40. The van der Waals surface area contributed by atoms with E-state index in [1.807, 2.05) is 0 Å². The third kappa shape index (κ3) is 4.66. The van der Waals surface area contributed by atoms with Crippen LogP contribution in [0.1, 0.15) is 59.3 Å². The van der Waals surface area contributed by atoms with Crippen LogP contribution in [0.4, 0.5) is 0 Å². The van der Waals surface area contributed by atoms with Crippen molar-refractivity contribution in [3.05, 3.63) is 0 Å². The highest BCUT2D eigenvalue weighted by molar-refractivity contribution is 4.77. The van der Waals surface area contributed by atoms with Crippen LogP contribution < -0.4 is 5.32 Å². The lowest BCUT2D eigenvalue weighted by Gasteiger charge is -2.28. The smallest absolute Gasteiger partial charge is 0.00695 e. The summed E-state index contributed by atoms with van der Waals surface area (Å²) in [5.74, 6) is 0.876. The van der Waals surface area contributed by atoms with Crippen molar-refractivity contribution >= 4 is 0 Å². The van der Waals surface area contributed by atoms with E-state index in [9.17, 15) is 0 Å². The molecule has 0 aromatic rings. The van der Waals surface area contributed by atoms with Gasteiger partial charge in [-0.2, -0.15) is 0 Å². The van der Waals surface area contributed by atoms with Gasteiger partial charge in [-0.1, -0.05) is 33.1 Å². The van der Waals surface area contributed by atoms with Gasteiger partial charge in [-0.3, -0.25) is 0 Å². The van der Waals surface area contributed by atoms with Gasteiger partial charge in [-0.05, 0) is 32.1 Å². The van der Waals surface area contributed by atoms with Crippen molar-refractivity contribution in [1.29, 1.82) is 0 Å². The Hall–Kier alpha value is -0.0400. The lowest BCUT2D eigenvalue weighted by atomic mass is 9.94. The molecule has 2 atom stereocenters. The molecule has 1 heteroatoms. The minimum Gasteiger partial charge on any atom is -0.312 e. The summed E-state index contributed by atoms with van der Waals surface area (Å²) in [5, 5.41) is 3.69. The third-order valence-corrected chi connectivity index (χ3v) is 3.04. The zero-order valence-electron chi connectivity index (χ0n) is 9.47. The van der Waals surface area contributed by atoms with E-state index in [1.54, 1.807) is 0 Å². The Balaban J connectivity index is 2.06. The molecular weight excluding hydrogens is 158 g/mol. The molecule has 0 saturated carbocycles. The van der Waals surface area contributed by atoms with Gasteiger partial charge >= 0.3 is 0 Å². The Kier molecular flexibility index (Phi) is 4.79. The lowest BCUT2D eigenvalue weighted by Crippen LogP contribution is -2.40. The number of hydrogen-bond donors (Lipinski definition) is 1. The summed E-state index contributed by atoms with van der Waals surface area (Å²) in [4.78, 5) is 0. The summed E-state index contributed by atoms with van der Waals surface area (Å²) in [6, 6.07) is 1.58. The second-order valence-electron chi connectivity index (χ2n) is 5.02. The molecule has 13 heavy (non-hydrogen) atoms. The van der Waals surface area contributed by atoms with Gasteiger partial charge in [0.2, 0.25) is 0 Å². The van der Waals surface area contributed by atoms with Gasteiger partial charge in [0.05, 0.1) is 0 Å².